The van der Waals surface area contributed by atoms with Crippen molar-refractivity contribution in [2.75, 3.05) is 33.2 Å². The van der Waals surface area contributed by atoms with E-state index in [2.05, 4.69) is 12.2 Å². The molecule has 2 amide bonds. The molecule has 1 aromatic rings. The maximum atomic E-state index is 13.8. The molecule has 208 valence electrons. The molecule has 1 fully saturated rings. The molecular formula is C29H40N2O7. The average Bonchev–Trinajstić information content (AvgIpc) is 3.38. The van der Waals surface area contributed by atoms with Crippen molar-refractivity contribution >= 4 is 17.8 Å². The topological polar surface area (TPSA) is 103 Å². The summed E-state index contributed by atoms with van der Waals surface area (Å²) in [6.07, 6.45) is 7.33. The molecule has 1 N–H and O–H groups in total. The van der Waals surface area contributed by atoms with Crippen molar-refractivity contribution in [3.63, 3.8) is 0 Å². The number of hydrogen-bond donors (Lipinski definition) is 1. The molecule has 1 aliphatic carbocycles. The zero-order chi connectivity index (χ0) is 27.0. The average molecular weight is 529 g/mol. The lowest BCUT2D eigenvalue weighted by Gasteiger charge is -2.48. The monoisotopic (exact) mass is 528 g/mol. The minimum absolute atomic E-state index is 0.0294. The van der Waals surface area contributed by atoms with Crippen LogP contribution in [-0.2, 0) is 30.4 Å². The molecule has 0 radical (unpaired) electrons. The van der Waals surface area contributed by atoms with Crippen molar-refractivity contribution in [2.24, 2.45) is 11.3 Å². The number of ether oxygens (including phenoxy) is 4. The fourth-order valence-electron chi connectivity index (χ4n) is 5.54. The first kappa shape index (κ1) is 28.0. The van der Waals surface area contributed by atoms with Gasteiger partial charge in [0.25, 0.3) is 0 Å². The Kier molecular flexibility index (Phi) is 9.66. The number of nitrogens with one attached hydrogen (secondary N) is 1. The maximum absolute atomic E-state index is 13.8. The van der Waals surface area contributed by atoms with Crippen LogP contribution in [0.1, 0.15) is 70.8 Å². The molecular weight excluding hydrogens is 488 g/mol. The lowest BCUT2D eigenvalue weighted by atomic mass is 9.66. The number of esters is 1. The fraction of sp³-hybridized carbons (Fsp3) is 0.621. The van der Waals surface area contributed by atoms with Crippen LogP contribution in [0.25, 0.3) is 0 Å². The fourth-order valence-corrected chi connectivity index (χ4v) is 5.54. The van der Waals surface area contributed by atoms with E-state index in [-0.39, 0.29) is 50.6 Å². The second kappa shape index (κ2) is 13.1. The summed E-state index contributed by atoms with van der Waals surface area (Å²) in [5.41, 5.74) is 0.627. The molecule has 9 heteroatoms. The third kappa shape index (κ3) is 6.31. The first-order valence-corrected chi connectivity index (χ1v) is 13.9. The van der Waals surface area contributed by atoms with Crippen LogP contribution in [0.15, 0.2) is 30.0 Å². The predicted octanol–water partition coefficient (Wildman–Crippen LogP) is 4.09. The highest BCUT2D eigenvalue weighted by atomic mass is 16.7. The number of amides is 2. The number of piperidine rings is 1. The first-order chi connectivity index (χ1) is 18.5. The van der Waals surface area contributed by atoms with Crippen molar-refractivity contribution in [1.82, 2.24) is 10.2 Å². The van der Waals surface area contributed by atoms with Crippen LogP contribution in [0.3, 0.4) is 0 Å². The van der Waals surface area contributed by atoms with Gasteiger partial charge in [-0.15, -0.1) is 0 Å². The van der Waals surface area contributed by atoms with Gasteiger partial charge in [-0.3, -0.25) is 14.4 Å². The van der Waals surface area contributed by atoms with Gasteiger partial charge in [-0.05, 0) is 63.1 Å². The van der Waals surface area contributed by atoms with Gasteiger partial charge in [0.2, 0.25) is 18.6 Å². The van der Waals surface area contributed by atoms with Crippen LogP contribution in [0.5, 0.6) is 11.5 Å². The lowest BCUT2D eigenvalue weighted by Crippen LogP contribution is -2.54. The number of benzene rings is 1. The molecule has 38 heavy (non-hydrogen) atoms. The number of allylic oxidation sites excluding steroid dienone is 1. The van der Waals surface area contributed by atoms with Crippen LogP contribution in [0.2, 0.25) is 0 Å². The number of nitrogens with zero attached hydrogens (tertiary/aromatic N) is 1. The van der Waals surface area contributed by atoms with E-state index in [9.17, 15) is 14.4 Å². The van der Waals surface area contributed by atoms with Crippen LogP contribution in [-0.4, -0.2) is 55.8 Å². The summed E-state index contributed by atoms with van der Waals surface area (Å²) in [5, 5.41) is 2.92. The smallest absolute Gasteiger partial charge is 0.318 e. The number of likely N-dealkylation sites (tertiary alicyclic amines) is 1. The molecule has 4 rings (SSSR count). The van der Waals surface area contributed by atoms with Gasteiger partial charge < -0.3 is 29.2 Å². The molecule has 3 aliphatic rings. The zero-order valence-corrected chi connectivity index (χ0v) is 22.6. The van der Waals surface area contributed by atoms with Gasteiger partial charge in [0.1, 0.15) is 5.41 Å². The number of fused-ring (bicyclic) bond motifs is 2. The number of unbranched alkanes of at least 4 members (excludes halogenated alkanes) is 1. The second-order valence-electron chi connectivity index (χ2n) is 10.2. The van der Waals surface area contributed by atoms with E-state index in [4.69, 9.17) is 18.9 Å². The molecule has 0 unspecified atom stereocenters. The van der Waals surface area contributed by atoms with Gasteiger partial charge in [0, 0.05) is 37.8 Å². The Morgan fingerprint density at radius 3 is 2.79 bits per heavy atom. The standard InChI is InChI=1S/C29H40N2O7/c1-3-5-14-35-15-8-13-30-26(32)17-22-18-29(28(34)36-4-2)12-7-6-9-25(29)31(27(22)33)19-21-10-11-23-24(16-21)38-20-37-23/h9-11,16,22H,3-8,12-15,17-20H2,1-2H3,(H,30,32)/t22-,29+/m1/s1. The Hall–Kier alpha value is -3.07. The van der Waals surface area contributed by atoms with Gasteiger partial charge in [0.05, 0.1) is 13.2 Å². The number of hydrogen-bond acceptors (Lipinski definition) is 7. The lowest BCUT2D eigenvalue weighted by molar-refractivity contribution is -0.162. The van der Waals surface area contributed by atoms with Crippen molar-refractivity contribution in [1.29, 1.82) is 0 Å². The Morgan fingerprint density at radius 2 is 1.97 bits per heavy atom. The number of carbonyl (C=O) groups is 3. The molecule has 0 saturated carbocycles. The predicted molar refractivity (Wildman–Crippen MR) is 140 cm³/mol. The highest BCUT2D eigenvalue weighted by Crippen LogP contribution is 2.50. The Bertz CT molecular complexity index is 1040. The minimum atomic E-state index is -0.934. The third-order valence-corrected chi connectivity index (χ3v) is 7.44. The maximum Gasteiger partial charge on any atom is 0.318 e. The van der Waals surface area contributed by atoms with E-state index < -0.39 is 11.3 Å². The van der Waals surface area contributed by atoms with Gasteiger partial charge >= 0.3 is 5.97 Å². The summed E-state index contributed by atoms with van der Waals surface area (Å²) in [5.74, 6) is 0.0295. The molecule has 0 bridgehead atoms. The van der Waals surface area contributed by atoms with Gasteiger partial charge in [-0.2, -0.15) is 0 Å². The summed E-state index contributed by atoms with van der Waals surface area (Å²) < 4.78 is 22.0. The molecule has 2 atom stereocenters. The van der Waals surface area contributed by atoms with Crippen LogP contribution in [0, 0.1) is 11.3 Å². The number of rotatable bonds is 13. The Balaban J connectivity index is 1.50. The normalized spacial score (nSPS) is 22.1. The molecule has 1 aromatic carbocycles. The van der Waals surface area contributed by atoms with E-state index in [1.807, 2.05) is 24.3 Å². The zero-order valence-electron chi connectivity index (χ0n) is 22.6. The number of carbonyl (C=O) groups excluding carboxylic acids is 3. The quantitative estimate of drug-likeness (QED) is 0.304. The van der Waals surface area contributed by atoms with Crippen molar-refractivity contribution in [3.05, 3.63) is 35.5 Å². The minimum Gasteiger partial charge on any atom is -0.465 e. The van der Waals surface area contributed by atoms with E-state index in [0.29, 0.717) is 43.2 Å². The van der Waals surface area contributed by atoms with E-state index >= 15 is 0 Å². The largest absolute Gasteiger partial charge is 0.465 e. The molecule has 2 aliphatic heterocycles. The third-order valence-electron chi connectivity index (χ3n) is 7.44. The van der Waals surface area contributed by atoms with Crippen molar-refractivity contribution < 1.29 is 33.3 Å². The Labute approximate surface area is 224 Å². The summed E-state index contributed by atoms with van der Waals surface area (Å²) in [6, 6.07) is 5.59. The van der Waals surface area contributed by atoms with Gasteiger partial charge in [-0.1, -0.05) is 25.5 Å². The van der Waals surface area contributed by atoms with E-state index in [1.54, 1.807) is 11.8 Å². The molecule has 0 aromatic heterocycles. The van der Waals surface area contributed by atoms with Crippen LogP contribution < -0.4 is 14.8 Å². The molecule has 0 spiro atoms. The van der Waals surface area contributed by atoms with Gasteiger partial charge in [-0.25, -0.2) is 0 Å². The molecule has 9 nitrogen and oxygen atoms in total. The summed E-state index contributed by atoms with van der Waals surface area (Å²) in [7, 11) is 0. The highest BCUT2D eigenvalue weighted by Gasteiger charge is 2.54. The van der Waals surface area contributed by atoms with Crippen LogP contribution >= 0.6 is 0 Å². The SMILES string of the molecule is CCCCOCCCNC(=O)C[C@@H]1C[C@@]2(C(=O)OCC)CCCC=C2N(Cc2ccc3c(c2)OCO3)C1=O. The summed E-state index contributed by atoms with van der Waals surface area (Å²) in [6.45, 7) is 6.41. The summed E-state index contributed by atoms with van der Waals surface area (Å²) >= 11 is 0. The first-order valence-electron chi connectivity index (χ1n) is 13.9. The van der Waals surface area contributed by atoms with E-state index in [0.717, 1.165) is 37.9 Å². The molecule has 2 heterocycles. The second-order valence-corrected chi connectivity index (χ2v) is 10.2. The van der Waals surface area contributed by atoms with Crippen molar-refractivity contribution in [2.45, 2.75) is 71.8 Å². The van der Waals surface area contributed by atoms with Crippen LogP contribution in [0.4, 0.5) is 0 Å². The van der Waals surface area contributed by atoms with E-state index in [1.165, 1.54) is 0 Å². The van der Waals surface area contributed by atoms with Crippen molar-refractivity contribution in [3.8, 4) is 11.5 Å². The summed E-state index contributed by atoms with van der Waals surface area (Å²) in [4.78, 5) is 41.8. The molecule has 1 saturated heterocycles. The van der Waals surface area contributed by atoms with Gasteiger partial charge in [0.15, 0.2) is 11.5 Å². The Morgan fingerprint density at radius 1 is 1.16 bits per heavy atom. The highest BCUT2D eigenvalue weighted by molar-refractivity contribution is 5.92.